The van der Waals surface area contributed by atoms with E-state index in [0.717, 1.165) is 25.0 Å². The fraction of sp³-hybridized carbons (Fsp3) is 0.667. The number of benzene rings is 1. The van der Waals surface area contributed by atoms with Crippen molar-refractivity contribution in [2.75, 3.05) is 26.2 Å². The van der Waals surface area contributed by atoms with Gasteiger partial charge in [0.15, 0.2) is 4.75 Å². The van der Waals surface area contributed by atoms with Crippen molar-refractivity contribution in [3.8, 4) is 5.75 Å². The van der Waals surface area contributed by atoms with E-state index in [-0.39, 0.29) is 50.2 Å². The number of piperidine rings is 2. The third-order valence-electron chi connectivity index (χ3n) is 6.90. The topological polar surface area (TPSA) is 99.2 Å². The van der Waals surface area contributed by atoms with Gasteiger partial charge in [0.2, 0.25) is 10.0 Å². The Morgan fingerprint density at radius 3 is 2.06 bits per heavy atom. The second kappa shape index (κ2) is 10.2. The van der Waals surface area contributed by atoms with Crippen LogP contribution in [0, 0.1) is 0 Å². The Labute approximate surface area is 202 Å². The van der Waals surface area contributed by atoms with E-state index < -0.39 is 32.4 Å². The van der Waals surface area contributed by atoms with Crippen molar-refractivity contribution in [1.29, 1.82) is 0 Å². The highest BCUT2D eigenvalue weighted by atomic mass is 35.5. The molecule has 1 aromatic carbocycles. The summed E-state index contributed by atoms with van der Waals surface area (Å²) in [5, 5.41) is 9.29. The number of carbonyl (C=O) groups is 1. The molecule has 1 aromatic rings. The molecule has 192 valence electrons. The third kappa shape index (κ3) is 5.30. The standard InChI is InChI=1S/C21H28F3N3O5S.ClH/c22-21(23,24)15-1-5-17(6-2-15)32-18-7-11-27(12-8-18)33(30,31)20(19(28)25-29)9-13-26(14-10-20)16-3-4-16;/h1-2,5-6,16,18,29H,3-4,7-14H2,(H,25,28);1H. The minimum Gasteiger partial charge on any atom is -0.490 e. The summed E-state index contributed by atoms with van der Waals surface area (Å²) >= 11 is 0. The van der Waals surface area contributed by atoms with Crippen molar-refractivity contribution < 1.29 is 36.3 Å². The Morgan fingerprint density at radius 1 is 1.03 bits per heavy atom. The SMILES string of the molecule is Cl.O=C(NO)C1(S(=O)(=O)N2CCC(Oc3ccc(C(F)(F)F)cc3)CC2)CCN(C2CC2)CC1. The fourth-order valence-corrected chi connectivity index (χ4v) is 6.91. The molecule has 3 aliphatic rings. The lowest BCUT2D eigenvalue weighted by molar-refractivity contribution is -0.137. The van der Waals surface area contributed by atoms with Crippen molar-refractivity contribution in [1.82, 2.24) is 14.7 Å². The molecule has 0 radical (unpaired) electrons. The van der Waals surface area contributed by atoms with Gasteiger partial charge in [0.25, 0.3) is 5.91 Å². The number of hydrogen-bond donors (Lipinski definition) is 2. The van der Waals surface area contributed by atoms with Gasteiger partial charge in [-0.15, -0.1) is 12.4 Å². The summed E-state index contributed by atoms with van der Waals surface area (Å²) in [6, 6.07) is 4.85. The van der Waals surface area contributed by atoms with Crippen LogP contribution >= 0.6 is 12.4 Å². The zero-order valence-corrected chi connectivity index (χ0v) is 20.1. The third-order valence-corrected chi connectivity index (χ3v) is 9.53. The van der Waals surface area contributed by atoms with Crippen LogP contribution in [0.15, 0.2) is 24.3 Å². The quantitative estimate of drug-likeness (QED) is 0.436. The van der Waals surface area contributed by atoms with Crippen LogP contribution in [0.1, 0.15) is 44.1 Å². The monoisotopic (exact) mass is 527 g/mol. The number of sulfonamides is 1. The van der Waals surface area contributed by atoms with E-state index in [1.54, 1.807) is 5.48 Å². The Bertz CT molecular complexity index is 957. The second-order valence-electron chi connectivity index (χ2n) is 8.95. The number of rotatable bonds is 6. The molecule has 3 fully saturated rings. The molecule has 0 atom stereocenters. The maximum absolute atomic E-state index is 13.5. The van der Waals surface area contributed by atoms with Gasteiger partial charge in [-0.3, -0.25) is 10.0 Å². The fourth-order valence-electron chi connectivity index (χ4n) is 4.75. The number of alkyl halides is 3. The molecule has 0 bridgehead atoms. The predicted molar refractivity (Wildman–Crippen MR) is 119 cm³/mol. The molecule has 0 spiro atoms. The first-order chi connectivity index (χ1) is 15.6. The molecule has 2 N–H and O–H groups in total. The van der Waals surface area contributed by atoms with Gasteiger partial charge >= 0.3 is 6.18 Å². The Balaban J connectivity index is 0.00000324. The highest BCUT2D eigenvalue weighted by molar-refractivity contribution is 7.91. The molecule has 2 aliphatic heterocycles. The lowest BCUT2D eigenvalue weighted by atomic mass is 9.95. The number of nitrogens with one attached hydrogen (secondary N) is 1. The van der Waals surface area contributed by atoms with Crippen LogP contribution in [0.3, 0.4) is 0 Å². The van der Waals surface area contributed by atoms with Gasteiger partial charge in [-0.1, -0.05) is 0 Å². The van der Waals surface area contributed by atoms with Crippen LogP contribution in [0.4, 0.5) is 13.2 Å². The average Bonchev–Trinajstić information content (AvgIpc) is 3.64. The van der Waals surface area contributed by atoms with E-state index >= 15 is 0 Å². The number of likely N-dealkylation sites (tertiary alicyclic amines) is 1. The van der Waals surface area contributed by atoms with Crippen LogP contribution in [0.2, 0.25) is 0 Å². The average molecular weight is 528 g/mol. The molecule has 1 amide bonds. The first-order valence-corrected chi connectivity index (χ1v) is 12.5. The first kappa shape index (κ1) is 27.0. The summed E-state index contributed by atoms with van der Waals surface area (Å²) in [5.41, 5.74) is 0.801. The van der Waals surface area contributed by atoms with Crippen molar-refractivity contribution in [2.45, 2.75) is 61.6 Å². The molecule has 8 nitrogen and oxygen atoms in total. The van der Waals surface area contributed by atoms with Gasteiger partial charge in [0.05, 0.1) is 5.56 Å². The van der Waals surface area contributed by atoms with Crippen LogP contribution < -0.4 is 10.2 Å². The lowest BCUT2D eigenvalue weighted by Gasteiger charge is -2.43. The van der Waals surface area contributed by atoms with Gasteiger partial charge < -0.3 is 9.64 Å². The molecule has 34 heavy (non-hydrogen) atoms. The number of amides is 1. The molecule has 0 unspecified atom stereocenters. The minimum absolute atomic E-state index is 0. The smallest absolute Gasteiger partial charge is 0.416 e. The zero-order valence-electron chi connectivity index (χ0n) is 18.5. The molecule has 0 aromatic heterocycles. The number of carbonyl (C=O) groups excluding carboxylic acids is 1. The minimum atomic E-state index is -4.43. The van der Waals surface area contributed by atoms with E-state index in [9.17, 15) is 31.6 Å². The zero-order chi connectivity index (χ0) is 23.9. The number of hydroxylamine groups is 1. The van der Waals surface area contributed by atoms with Crippen molar-refractivity contribution in [2.24, 2.45) is 0 Å². The van der Waals surface area contributed by atoms with Gasteiger partial charge in [-0.2, -0.15) is 13.2 Å². The first-order valence-electron chi connectivity index (χ1n) is 11.1. The number of nitrogens with zero attached hydrogens (tertiary/aromatic N) is 2. The summed E-state index contributed by atoms with van der Waals surface area (Å²) in [5.74, 6) is -0.617. The van der Waals surface area contributed by atoms with Crippen molar-refractivity contribution in [3.05, 3.63) is 29.8 Å². The normalized spacial score (nSPS) is 22.6. The second-order valence-corrected chi connectivity index (χ2v) is 11.2. The van der Waals surface area contributed by atoms with Crippen molar-refractivity contribution >= 4 is 28.3 Å². The highest BCUT2D eigenvalue weighted by Crippen LogP contribution is 2.39. The van der Waals surface area contributed by atoms with Crippen LogP contribution in [-0.4, -0.2) is 71.8 Å². The van der Waals surface area contributed by atoms with Gasteiger partial charge in [-0.25, -0.2) is 18.2 Å². The maximum Gasteiger partial charge on any atom is 0.416 e. The van der Waals surface area contributed by atoms with E-state index in [2.05, 4.69) is 4.90 Å². The lowest BCUT2D eigenvalue weighted by Crippen LogP contribution is -2.62. The molecule has 2 heterocycles. The maximum atomic E-state index is 13.5. The van der Waals surface area contributed by atoms with Crippen molar-refractivity contribution in [3.63, 3.8) is 0 Å². The molecule has 2 saturated heterocycles. The summed E-state index contributed by atoms with van der Waals surface area (Å²) in [6.45, 7) is 1.20. The van der Waals surface area contributed by atoms with Crippen LogP contribution in [0.5, 0.6) is 5.75 Å². The van der Waals surface area contributed by atoms with Crippen LogP contribution in [-0.2, 0) is 21.0 Å². The molecule has 4 rings (SSSR count). The van der Waals surface area contributed by atoms with E-state index in [1.807, 2.05) is 0 Å². The largest absolute Gasteiger partial charge is 0.490 e. The van der Waals surface area contributed by atoms with Crippen LogP contribution in [0.25, 0.3) is 0 Å². The van der Waals surface area contributed by atoms with Gasteiger partial charge in [-0.05, 0) is 62.8 Å². The summed E-state index contributed by atoms with van der Waals surface area (Å²) in [7, 11) is -4.05. The predicted octanol–water partition coefficient (Wildman–Crippen LogP) is 2.80. The van der Waals surface area contributed by atoms with E-state index in [1.165, 1.54) is 16.4 Å². The summed E-state index contributed by atoms with van der Waals surface area (Å²) < 4.78 is 70.5. The molecular weight excluding hydrogens is 499 g/mol. The highest BCUT2D eigenvalue weighted by Gasteiger charge is 2.56. The number of hydrogen-bond acceptors (Lipinski definition) is 6. The Kier molecular flexibility index (Phi) is 8.08. The molecule has 1 aliphatic carbocycles. The summed E-state index contributed by atoms with van der Waals surface area (Å²) in [4.78, 5) is 14.8. The molecule has 1 saturated carbocycles. The number of halogens is 4. The summed E-state index contributed by atoms with van der Waals surface area (Å²) in [6.07, 6.45) is -1.72. The Hall–Kier alpha value is -1.60. The molecular formula is C21H29ClF3N3O5S. The Morgan fingerprint density at radius 2 is 1.59 bits per heavy atom. The van der Waals surface area contributed by atoms with E-state index in [4.69, 9.17) is 4.74 Å². The van der Waals surface area contributed by atoms with E-state index in [0.29, 0.717) is 32.0 Å². The van der Waals surface area contributed by atoms with Gasteiger partial charge in [0, 0.05) is 32.2 Å². The van der Waals surface area contributed by atoms with Gasteiger partial charge in [0.1, 0.15) is 11.9 Å². The molecule has 13 heteroatoms. The number of ether oxygens (including phenoxy) is 1.